The number of aromatic nitrogens is 4. The smallest absolute Gasteiger partial charge is 0.234 e. The molecule has 22 heavy (non-hydrogen) atoms. The van der Waals surface area contributed by atoms with Gasteiger partial charge in [-0.05, 0) is 50.7 Å². The van der Waals surface area contributed by atoms with E-state index >= 15 is 0 Å². The highest BCUT2D eigenvalue weighted by molar-refractivity contribution is 7.19. The molecule has 7 heteroatoms. The minimum atomic E-state index is -0.238. The van der Waals surface area contributed by atoms with Crippen LogP contribution < -0.4 is 0 Å². The molecule has 1 unspecified atom stereocenters. The van der Waals surface area contributed by atoms with E-state index in [-0.39, 0.29) is 5.82 Å². The monoisotopic (exact) mass is 317 g/mol. The lowest BCUT2D eigenvalue weighted by Gasteiger charge is -2.28. The van der Waals surface area contributed by atoms with E-state index in [1.54, 1.807) is 12.1 Å². The van der Waals surface area contributed by atoms with Crippen LogP contribution in [0.25, 0.3) is 15.5 Å². The van der Waals surface area contributed by atoms with Crippen molar-refractivity contribution in [1.29, 1.82) is 0 Å². The molecule has 1 aliphatic heterocycles. The predicted molar refractivity (Wildman–Crippen MR) is 83.5 cm³/mol. The Hall–Kier alpha value is -1.86. The van der Waals surface area contributed by atoms with E-state index in [4.69, 9.17) is 0 Å². The maximum Gasteiger partial charge on any atom is 0.234 e. The van der Waals surface area contributed by atoms with Crippen LogP contribution in [0, 0.1) is 5.82 Å². The molecule has 4 rings (SSSR count). The third kappa shape index (κ3) is 2.40. The Balaban J connectivity index is 1.71. The van der Waals surface area contributed by atoms with Crippen molar-refractivity contribution in [2.75, 3.05) is 20.1 Å². The van der Waals surface area contributed by atoms with Gasteiger partial charge in [0.25, 0.3) is 0 Å². The summed E-state index contributed by atoms with van der Waals surface area (Å²) in [5, 5.41) is 14.1. The first-order chi connectivity index (χ1) is 10.7. The van der Waals surface area contributed by atoms with Gasteiger partial charge < -0.3 is 4.90 Å². The van der Waals surface area contributed by atoms with Gasteiger partial charge in [-0.25, -0.2) is 4.39 Å². The number of fused-ring (bicyclic) bond motifs is 1. The molecule has 0 saturated carbocycles. The largest absolute Gasteiger partial charge is 0.306 e. The molecule has 0 bridgehead atoms. The Morgan fingerprint density at radius 3 is 2.82 bits per heavy atom. The van der Waals surface area contributed by atoms with Gasteiger partial charge in [0, 0.05) is 18.0 Å². The number of nitrogens with zero attached hydrogens (tertiary/aromatic N) is 5. The van der Waals surface area contributed by atoms with E-state index in [1.165, 1.54) is 29.9 Å². The number of likely N-dealkylation sites (tertiary alicyclic amines) is 1. The second-order valence-corrected chi connectivity index (χ2v) is 6.72. The average molecular weight is 317 g/mol. The van der Waals surface area contributed by atoms with Crippen molar-refractivity contribution in [2.45, 2.75) is 18.8 Å². The van der Waals surface area contributed by atoms with Gasteiger partial charge in [0.05, 0.1) is 0 Å². The van der Waals surface area contributed by atoms with E-state index < -0.39 is 0 Å². The van der Waals surface area contributed by atoms with Crippen LogP contribution in [0.2, 0.25) is 0 Å². The van der Waals surface area contributed by atoms with E-state index in [1.807, 2.05) is 4.52 Å². The van der Waals surface area contributed by atoms with Gasteiger partial charge in [0.15, 0.2) is 5.82 Å². The van der Waals surface area contributed by atoms with Gasteiger partial charge in [0.1, 0.15) is 10.8 Å². The Kier molecular flexibility index (Phi) is 3.38. The van der Waals surface area contributed by atoms with Gasteiger partial charge in [0.2, 0.25) is 4.96 Å². The molecule has 1 fully saturated rings. The summed E-state index contributed by atoms with van der Waals surface area (Å²) in [5.74, 6) is 1.07. The highest BCUT2D eigenvalue weighted by Gasteiger charge is 2.25. The third-order valence-electron chi connectivity index (χ3n) is 4.10. The topological polar surface area (TPSA) is 46.3 Å². The summed E-state index contributed by atoms with van der Waals surface area (Å²) in [6, 6.07) is 6.40. The molecule has 0 spiro atoms. The molecule has 5 nitrogen and oxygen atoms in total. The molecule has 3 heterocycles. The van der Waals surface area contributed by atoms with Crippen molar-refractivity contribution in [1.82, 2.24) is 24.7 Å². The van der Waals surface area contributed by atoms with Gasteiger partial charge in [-0.3, -0.25) is 0 Å². The maximum atomic E-state index is 13.0. The first-order valence-corrected chi connectivity index (χ1v) is 8.19. The molecule has 0 aliphatic carbocycles. The standard InChI is InChI=1S/C15H16FN5S/c1-20-8-2-3-11(9-20)13-17-18-15-21(13)19-14(22-15)10-4-6-12(16)7-5-10/h4-7,11H,2-3,8-9H2,1H3. The fraction of sp³-hybridized carbons (Fsp3) is 0.400. The zero-order valence-corrected chi connectivity index (χ0v) is 13.1. The summed E-state index contributed by atoms with van der Waals surface area (Å²) in [7, 11) is 2.13. The van der Waals surface area contributed by atoms with Crippen LogP contribution >= 0.6 is 11.3 Å². The number of hydrogen-bond acceptors (Lipinski definition) is 5. The summed E-state index contributed by atoms with van der Waals surface area (Å²) in [6.07, 6.45) is 2.29. The third-order valence-corrected chi connectivity index (χ3v) is 5.04. The number of piperidine rings is 1. The van der Waals surface area contributed by atoms with E-state index in [0.717, 1.165) is 40.9 Å². The van der Waals surface area contributed by atoms with Crippen molar-refractivity contribution in [3.05, 3.63) is 35.9 Å². The lowest BCUT2D eigenvalue weighted by atomic mass is 9.98. The van der Waals surface area contributed by atoms with Crippen molar-refractivity contribution < 1.29 is 4.39 Å². The zero-order valence-electron chi connectivity index (χ0n) is 12.2. The Morgan fingerprint density at radius 2 is 2.05 bits per heavy atom. The van der Waals surface area contributed by atoms with Crippen molar-refractivity contribution in [3.63, 3.8) is 0 Å². The molecule has 0 radical (unpaired) electrons. The molecule has 1 aromatic carbocycles. The van der Waals surface area contributed by atoms with Crippen LogP contribution in [0.15, 0.2) is 24.3 Å². The van der Waals surface area contributed by atoms with E-state index in [2.05, 4.69) is 27.2 Å². The molecule has 0 amide bonds. The first kappa shape index (κ1) is 13.8. The fourth-order valence-electron chi connectivity index (χ4n) is 2.97. The van der Waals surface area contributed by atoms with Crippen LogP contribution in [0.1, 0.15) is 24.6 Å². The minimum absolute atomic E-state index is 0.238. The van der Waals surface area contributed by atoms with Gasteiger partial charge in [-0.2, -0.15) is 9.61 Å². The normalized spacial score (nSPS) is 19.8. The first-order valence-electron chi connectivity index (χ1n) is 7.37. The van der Waals surface area contributed by atoms with Crippen molar-refractivity contribution in [3.8, 4) is 10.6 Å². The second kappa shape index (κ2) is 5.40. The molecule has 3 aromatic rings. The number of rotatable bonds is 2. The maximum absolute atomic E-state index is 13.0. The molecule has 1 saturated heterocycles. The fourth-order valence-corrected chi connectivity index (χ4v) is 3.82. The lowest BCUT2D eigenvalue weighted by Crippen LogP contribution is -2.31. The highest BCUT2D eigenvalue weighted by atomic mass is 32.1. The summed E-state index contributed by atoms with van der Waals surface area (Å²) in [5.41, 5.74) is 0.906. The molecule has 1 atom stereocenters. The number of hydrogen-bond donors (Lipinski definition) is 0. The summed E-state index contributed by atoms with van der Waals surface area (Å²) < 4.78 is 14.9. The van der Waals surface area contributed by atoms with Gasteiger partial charge in [-0.15, -0.1) is 10.2 Å². The SMILES string of the molecule is CN1CCCC(c2nnc3sc(-c4ccc(F)cc4)nn23)C1. The van der Waals surface area contributed by atoms with Gasteiger partial charge >= 0.3 is 0 Å². The lowest BCUT2D eigenvalue weighted by molar-refractivity contribution is 0.244. The Labute approximate surface area is 131 Å². The van der Waals surface area contributed by atoms with Gasteiger partial charge in [-0.1, -0.05) is 11.3 Å². The molecule has 1 aliphatic rings. The highest BCUT2D eigenvalue weighted by Crippen LogP contribution is 2.29. The number of halogens is 1. The second-order valence-electron chi connectivity index (χ2n) is 5.77. The zero-order chi connectivity index (χ0) is 15.1. The number of benzene rings is 1. The van der Waals surface area contributed by atoms with Crippen molar-refractivity contribution in [2.24, 2.45) is 0 Å². The molecule has 114 valence electrons. The Morgan fingerprint density at radius 1 is 1.23 bits per heavy atom. The average Bonchev–Trinajstić information content (AvgIpc) is 3.08. The molecular formula is C15H16FN5S. The van der Waals surface area contributed by atoms with Crippen LogP contribution in [0.4, 0.5) is 4.39 Å². The molecule has 0 N–H and O–H groups in total. The summed E-state index contributed by atoms with van der Waals surface area (Å²) >= 11 is 1.48. The minimum Gasteiger partial charge on any atom is -0.306 e. The van der Waals surface area contributed by atoms with E-state index in [9.17, 15) is 4.39 Å². The van der Waals surface area contributed by atoms with E-state index in [0.29, 0.717) is 5.92 Å². The quantitative estimate of drug-likeness (QED) is 0.729. The van der Waals surface area contributed by atoms with Crippen LogP contribution in [-0.4, -0.2) is 44.8 Å². The Bertz CT molecular complexity index is 794. The predicted octanol–water partition coefficient (Wildman–Crippen LogP) is 2.80. The van der Waals surface area contributed by atoms with Crippen LogP contribution in [0.3, 0.4) is 0 Å². The summed E-state index contributed by atoms with van der Waals surface area (Å²) in [4.78, 5) is 3.12. The van der Waals surface area contributed by atoms with Crippen molar-refractivity contribution >= 4 is 16.3 Å². The molecule has 2 aromatic heterocycles. The van der Waals surface area contributed by atoms with Crippen LogP contribution in [0.5, 0.6) is 0 Å². The van der Waals surface area contributed by atoms with Crippen LogP contribution in [-0.2, 0) is 0 Å². The summed E-state index contributed by atoms with van der Waals surface area (Å²) in [6.45, 7) is 2.13. The molecular weight excluding hydrogens is 301 g/mol. The number of likely N-dealkylation sites (N-methyl/N-ethyl adjacent to an activating group) is 1.